The molecule has 0 spiro atoms. The van der Waals surface area contributed by atoms with Gasteiger partial charge in [0.15, 0.2) is 0 Å². The molecular formula is C18H27N5O2. The van der Waals surface area contributed by atoms with E-state index in [0.29, 0.717) is 12.5 Å². The van der Waals surface area contributed by atoms with Crippen LogP contribution in [0.3, 0.4) is 0 Å². The summed E-state index contributed by atoms with van der Waals surface area (Å²) in [6, 6.07) is 5.70. The molecule has 2 aliphatic heterocycles. The van der Waals surface area contributed by atoms with E-state index in [1.807, 2.05) is 25.1 Å². The zero-order chi connectivity index (χ0) is 18.0. The van der Waals surface area contributed by atoms with Crippen LogP contribution in [0.25, 0.3) is 0 Å². The van der Waals surface area contributed by atoms with Crippen molar-refractivity contribution >= 4 is 17.8 Å². The molecule has 3 heterocycles. The maximum absolute atomic E-state index is 12.2. The quantitative estimate of drug-likeness (QED) is 0.763. The van der Waals surface area contributed by atoms with Crippen LogP contribution in [0, 0.1) is 12.8 Å². The Hall–Kier alpha value is -2.15. The fraction of sp³-hybridized carbons (Fsp3) is 0.611. The number of hydrogen-bond donors (Lipinski definition) is 2. The molecule has 7 heteroatoms. The predicted molar refractivity (Wildman–Crippen MR) is 96.3 cm³/mol. The number of amides is 3. The molecule has 1 atom stereocenters. The van der Waals surface area contributed by atoms with Crippen LogP contribution in [0.2, 0.25) is 0 Å². The van der Waals surface area contributed by atoms with E-state index in [0.717, 1.165) is 44.1 Å². The van der Waals surface area contributed by atoms with Crippen molar-refractivity contribution in [2.24, 2.45) is 5.92 Å². The third-order valence-electron chi connectivity index (χ3n) is 4.91. The highest BCUT2D eigenvalue weighted by atomic mass is 16.2. The van der Waals surface area contributed by atoms with E-state index in [9.17, 15) is 9.59 Å². The topological polar surface area (TPSA) is 77.6 Å². The van der Waals surface area contributed by atoms with Crippen molar-refractivity contribution in [1.29, 1.82) is 0 Å². The largest absolute Gasteiger partial charge is 0.370 e. The van der Waals surface area contributed by atoms with Crippen LogP contribution in [0.5, 0.6) is 0 Å². The first kappa shape index (κ1) is 17.7. The number of hydrogen-bond acceptors (Lipinski definition) is 5. The summed E-state index contributed by atoms with van der Waals surface area (Å²) in [5, 5.41) is 6.13. The van der Waals surface area contributed by atoms with Gasteiger partial charge in [-0.3, -0.25) is 9.69 Å². The first-order valence-electron chi connectivity index (χ1n) is 8.89. The minimum atomic E-state index is -0.782. The second-order valence-electron chi connectivity index (χ2n) is 7.51. The summed E-state index contributed by atoms with van der Waals surface area (Å²) < 4.78 is 0. The molecule has 2 saturated heterocycles. The molecule has 1 aromatic heterocycles. The maximum atomic E-state index is 12.2. The van der Waals surface area contributed by atoms with Crippen LogP contribution in [0.15, 0.2) is 18.2 Å². The van der Waals surface area contributed by atoms with Gasteiger partial charge in [-0.15, -0.1) is 0 Å². The van der Waals surface area contributed by atoms with Crippen LogP contribution >= 0.6 is 0 Å². The van der Waals surface area contributed by atoms with Crippen molar-refractivity contribution in [3.8, 4) is 0 Å². The Morgan fingerprint density at radius 2 is 2.12 bits per heavy atom. The van der Waals surface area contributed by atoms with Crippen molar-refractivity contribution in [2.45, 2.75) is 32.7 Å². The maximum Gasteiger partial charge on any atom is 0.325 e. The summed E-state index contributed by atoms with van der Waals surface area (Å²) in [6.07, 6.45) is 1.12. The Labute approximate surface area is 148 Å². The number of carbonyl (C=O) groups is 2. The fourth-order valence-electron chi connectivity index (χ4n) is 3.44. The molecule has 0 aromatic carbocycles. The number of aryl methyl sites for hydroxylation is 1. The first-order valence-corrected chi connectivity index (χ1v) is 8.89. The van der Waals surface area contributed by atoms with Crippen LogP contribution in [-0.4, -0.2) is 65.0 Å². The molecule has 0 unspecified atom stereocenters. The smallest absolute Gasteiger partial charge is 0.325 e. The van der Waals surface area contributed by atoms with E-state index in [1.54, 1.807) is 13.8 Å². The van der Waals surface area contributed by atoms with Crippen molar-refractivity contribution in [3.63, 3.8) is 0 Å². The molecule has 1 aromatic rings. The van der Waals surface area contributed by atoms with E-state index in [1.165, 1.54) is 4.90 Å². The summed E-state index contributed by atoms with van der Waals surface area (Å²) in [4.78, 5) is 32.2. The Morgan fingerprint density at radius 1 is 1.32 bits per heavy atom. The van der Waals surface area contributed by atoms with E-state index < -0.39 is 5.54 Å². The number of aromatic nitrogens is 1. The number of likely N-dealkylation sites (tertiary alicyclic amines) is 1. The second-order valence-corrected chi connectivity index (χ2v) is 7.51. The van der Waals surface area contributed by atoms with Gasteiger partial charge in [-0.2, -0.15) is 0 Å². The van der Waals surface area contributed by atoms with Gasteiger partial charge in [0.05, 0.1) is 0 Å². The van der Waals surface area contributed by atoms with Crippen LogP contribution in [-0.2, 0) is 4.79 Å². The molecule has 2 N–H and O–H groups in total. The lowest BCUT2D eigenvalue weighted by atomic mass is 10.1. The Morgan fingerprint density at radius 3 is 2.80 bits per heavy atom. The average Bonchev–Trinajstić information content (AvgIpc) is 3.07. The monoisotopic (exact) mass is 345 g/mol. The number of nitrogens with one attached hydrogen (secondary N) is 2. The molecule has 3 rings (SSSR count). The zero-order valence-corrected chi connectivity index (χ0v) is 15.2. The molecular weight excluding hydrogens is 318 g/mol. The summed E-state index contributed by atoms with van der Waals surface area (Å²) in [6.45, 7) is 9.52. The minimum absolute atomic E-state index is 0.138. The van der Waals surface area contributed by atoms with Crippen LogP contribution in [0.1, 0.15) is 26.0 Å². The number of anilines is 1. The molecule has 0 radical (unpaired) electrons. The minimum Gasteiger partial charge on any atom is -0.370 e. The molecule has 0 aliphatic carbocycles. The van der Waals surface area contributed by atoms with E-state index >= 15 is 0 Å². The van der Waals surface area contributed by atoms with Gasteiger partial charge in [-0.1, -0.05) is 6.07 Å². The van der Waals surface area contributed by atoms with Crippen LogP contribution < -0.4 is 10.6 Å². The van der Waals surface area contributed by atoms with Crippen molar-refractivity contribution in [1.82, 2.24) is 20.1 Å². The fourth-order valence-corrected chi connectivity index (χ4v) is 3.44. The third kappa shape index (κ3) is 4.10. The van der Waals surface area contributed by atoms with Crippen molar-refractivity contribution in [3.05, 3.63) is 23.9 Å². The van der Waals surface area contributed by atoms with Crippen molar-refractivity contribution in [2.75, 3.05) is 38.0 Å². The van der Waals surface area contributed by atoms with Gasteiger partial charge < -0.3 is 15.5 Å². The average molecular weight is 345 g/mol. The molecule has 2 aliphatic rings. The molecule has 7 nitrogen and oxygen atoms in total. The van der Waals surface area contributed by atoms with Gasteiger partial charge in [0, 0.05) is 31.9 Å². The standard InChI is InChI=1S/C18H27N5O2/c1-13-5-4-6-15(20-13)19-11-14-7-8-22(12-14)9-10-23-16(24)18(2,3)21-17(23)25/h4-6,14H,7-12H2,1-3H3,(H,19,20)(H,21,25)/t14-/m0/s1. The highest BCUT2D eigenvalue weighted by molar-refractivity contribution is 6.06. The van der Waals surface area contributed by atoms with Gasteiger partial charge in [0.25, 0.3) is 5.91 Å². The number of pyridine rings is 1. The van der Waals surface area contributed by atoms with Gasteiger partial charge in [0.2, 0.25) is 0 Å². The number of rotatable bonds is 6. The summed E-state index contributed by atoms with van der Waals surface area (Å²) in [5.41, 5.74) is 0.226. The number of imide groups is 1. The molecule has 0 saturated carbocycles. The van der Waals surface area contributed by atoms with E-state index in [4.69, 9.17) is 0 Å². The van der Waals surface area contributed by atoms with Gasteiger partial charge in [-0.05, 0) is 51.8 Å². The highest BCUT2D eigenvalue weighted by Crippen LogP contribution is 2.19. The first-order chi connectivity index (χ1) is 11.8. The van der Waals surface area contributed by atoms with Gasteiger partial charge >= 0.3 is 6.03 Å². The lowest BCUT2D eigenvalue weighted by Gasteiger charge is -2.20. The molecule has 3 amide bonds. The van der Waals surface area contributed by atoms with E-state index in [-0.39, 0.29) is 11.9 Å². The number of urea groups is 1. The normalized spacial score (nSPS) is 23.2. The Balaban J connectivity index is 1.43. The Bertz CT molecular complexity index is 661. The Kier molecular flexibility index (Phi) is 4.94. The number of nitrogens with zero attached hydrogens (tertiary/aromatic N) is 3. The summed E-state index contributed by atoms with van der Waals surface area (Å²) >= 11 is 0. The van der Waals surface area contributed by atoms with Crippen LogP contribution in [0.4, 0.5) is 10.6 Å². The number of carbonyl (C=O) groups excluding carboxylic acids is 2. The lowest BCUT2D eigenvalue weighted by molar-refractivity contribution is -0.130. The van der Waals surface area contributed by atoms with E-state index in [2.05, 4.69) is 20.5 Å². The molecule has 2 fully saturated rings. The summed E-state index contributed by atoms with van der Waals surface area (Å²) in [7, 11) is 0. The SMILES string of the molecule is Cc1cccc(NC[C@@H]2CCN(CCN3C(=O)NC(C)(C)C3=O)C2)n1. The summed E-state index contributed by atoms with van der Waals surface area (Å²) in [5.74, 6) is 1.34. The van der Waals surface area contributed by atoms with Gasteiger partial charge in [-0.25, -0.2) is 9.78 Å². The molecule has 25 heavy (non-hydrogen) atoms. The molecule has 0 bridgehead atoms. The van der Waals surface area contributed by atoms with Gasteiger partial charge in [0.1, 0.15) is 11.4 Å². The zero-order valence-electron chi connectivity index (χ0n) is 15.2. The van der Waals surface area contributed by atoms with Crippen molar-refractivity contribution < 1.29 is 9.59 Å². The third-order valence-corrected chi connectivity index (χ3v) is 4.91. The molecule has 136 valence electrons. The lowest BCUT2D eigenvalue weighted by Crippen LogP contribution is -2.41. The highest BCUT2D eigenvalue weighted by Gasteiger charge is 2.44. The predicted octanol–water partition coefficient (Wildman–Crippen LogP) is 1.45. The second kappa shape index (κ2) is 7.00.